The molecule has 112 valence electrons. The molecule has 7 heteroatoms. The van der Waals surface area contributed by atoms with Crippen LogP contribution in [0.15, 0.2) is 0 Å². The monoisotopic (exact) mass is 298 g/mol. The van der Waals surface area contributed by atoms with E-state index in [4.69, 9.17) is 0 Å². The topological polar surface area (TPSA) is 32.3 Å². The minimum absolute atomic E-state index is 0.151. The molecule has 0 saturated carbocycles. The Labute approximate surface area is 116 Å². The SMILES string of the molecule is CCC(CSC)N(C)C(=O)C1(C(F)(F)F)CCNC1. The molecule has 1 saturated heterocycles. The molecule has 1 heterocycles. The van der Waals surface area contributed by atoms with E-state index in [1.54, 1.807) is 0 Å². The lowest BCUT2D eigenvalue weighted by molar-refractivity contribution is -0.221. The van der Waals surface area contributed by atoms with Crippen LogP contribution in [0.5, 0.6) is 0 Å². The molecule has 3 nitrogen and oxygen atoms in total. The van der Waals surface area contributed by atoms with Gasteiger partial charge in [-0.3, -0.25) is 4.79 Å². The fraction of sp³-hybridized carbons (Fsp3) is 0.917. The van der Waals surface area contributed by atoms with Crippen molar-refractivity contribution < 1.29 is 18.0 Å². The van der Waals surface area contributed by atoms with Crippen molar-refractivity contribution in [3.05, 3.63) is 0 Å². The lowest BCUT2D eigenvalue weighted by Gasteiger charge is -2.36. The average Bonchev–Trinajstić information content (AvgIpc) is 2.84. The average molecular weight is 298 g/mol. The van der Waals surface area contributed by atoms with E-state index in [1.165, 1.54) is 23.7 Å². The number of rotatable bonds is 5. The van der Waals surface area contributed by atoms with Gasteiger partial charge in [0.2, 0.25) is 5.91 Å². The van der Waals surface area contributed by atoms with Gasteiger partial charge in [0.1, 0.15) is 0 Å². The first kappa shape index (κ1) is 16.6. The molecule has 0 aromatic rings. The number of amides is 1. The zero-order chi connectivity index (χ0) is 14.7. The molecule has 0 aromatic carbocycles. The maximum absolute atomic E-state index is 13.3. The Morgan fingerprint density at radius 3 is 2.53 bits per heavy atom. The predicted molar refractivity (Wildman–Crippen MR) is 71.2 cm³/mol. The molecule has 0 radical (unpaired) electrons. The van der Waals surface area contributed by atoms with Gasteiger partial charge in [-0.15, -0.1) is 0 Å². The van der Waals surface area contributed by atoms with E-state index in [9.17, 15) is 18.0 Å². The van der Waals surface area contributed by atoms with Gasteiger partial charge in [-0.2, -0.15) is 24.9 Å². The maximum Gasteiger partial charge on any atom is 0.404 e. The van der Waals surface area contributed by atoms with Crippen LogP contribution in [0.3, 0.4) is 0 Å². The van der Waals surface area contributed by atoms with Crippen LogP contribution in [0, 0.1) is 5.41 Å². The lowest BCUT2D eigenvalue weighted by Crippen LogP contribution is -2.55. The van der Waals surface area contributed by atoms with Gasteiger partial charge in [0.15, 0.2) is 5.41 Å². The molecular weight excluding hydrogens is 277 g/mol. The zero-order valence-electron chi connectivity index (χ0n) is 11.5. The number of nitrogens with one attached hydrogen (secondary N) is 1. The molecule has 0 aromatic heterocycles. The van der Waals surface area contributed by atoms with E-state index in [0.717, 1.165) is 0 Å². The summed E-state index contributed by atoms with van der Waals surface area (Å²) in [7, 11) is 1.48. The van der Waals surface area contributed by atoms with Crippen molar-refractivity contribution in [2.45, 2.75) is 32.0 Å². The van der Waals surface area contributed by atoms with E-state index >= 15 is 0 Å². The summed E-state index contributed by atoms with van der Waals surface area (Å²) < 4.78 is 39.9. The van der Waals surface area contributed by atoms with Crippen LogP contribution in [-0.4, -0.2) is 55.2 Å². The van der Waals surface area contributed by atoms with E-state index in [2.05, 4.69) is 5.32 Å². The molecule has 19 heavy (non-hydrogen) atoms. The van der Waals surface area contributed by atoms with Gasteiger partial charge in [-0.25, -0.2) is 0 Å². The van der Waals surface area contributed by atoms with Crippen LogP contribution < -0.4 is 5.32 Å². The van der Waals surface area contributed by atoms with Crippen molar-refractivity contribution >= 4 is 17.7 Å². The minimum atomic E-state index is -4.50. The van der Waals surface area contributed by atoms with Gasteiger partial charge in [-0.1, -0.05) is 6.92 Å². The molecule has 2 atom stereocenters. The second kappa shape index (κ2) is 6.35. The third kappa shape index (κ3) is 3.18. The first-order chi connectivity index (χ1) is 8.80. The van der Waals surface area contributed by atoms with Crippen LogP contribution in [0.1, 0.15) is 19.8 Å². The standard InChI is InChI=1S/C12H21F3N2OS/c1-4-9(7-19-3)17(2)10(18)11(12(13,14)15)5-6-16-8-11/h9,16H,4-8H2,1-3H3. The van der Waals surface area contributed by atoms with Gasteiger partial charge in [0.05, 0.1) is 0 Å². The van der Waals surface area contributed by atoms with Gasteiger partial charge >= 0.3 is 6.18 Å². The number of nitrogens with zero attached hydrogens (tertiary/aromatic N) is 1. The highest BCUT2D eigenvalue weighted by Gasteiger charge is 2.62. The van der Waals surface area contributed by atoms with Crippen LogP contribution in [0.4, 0.5) is 13.2 Å². The van der Waals surface area contributed by atoms with Crippen molar-refractivity contribution in [1.29, 1.82) is 0 Å². The number of alkyl halides is 3. The first-order valence-corrected chi connectivity index (χ1v) is 7.73. The fourth-order valence-corrected chi connectivity index (χ4v) is 3.28. The summed E-state index contributed by atoms with van der Waals surface area (Å²) in [6.45, 7) is 1.81. The molecular formula is C12H21F3N2OS. The Balaban J connectivity index is 2.95. The molecule has 1 amide bonds. The number of carbonyl (C=O) groups excluding carboxylic acids is 1. The van der Waals surface area contributed by atoms with Crippen LogP contribution >= 0.6 is 11.8 Å². The van der Waals surface area contributed by atoms with E-state index in [1.807, 2.05) is 13.2 Å². The Morgan fingerprint density at radius 2 is 2.16 bits per heavy atom. The normalized spacial score (nSPS) is 25.4. The number of carbonyl (C=O) groups is 1. The van der Waals surface area contributed by atoms with Gasteiger partial charge in [0.25, 0.3) is 0 Å². The highest BCUT2D eigenvalue weighted by Crippen LogP contribution is 2.44. The van der Waals surface area contributed by atoms with Crippen LogP contribution in [0.2, 0.25) is 0 Å². The van der Waals surface area contributed by atoms with Gasteiger partial charge < -0.3 is 10.2 Å². The van der Waals surface area contributed by atoms with Crippen LogP contribution in [-0.2, 0) is 4.79 Å². The summed E-state index contributed by atoms with van der Waals surface area (Å²) >= 11 is 1.54. The molecule has 1 aliphatic heterocycles. The second-order valence-corrected chi connectivity index (χ2v) is 5.85. The Bertz CT molecular complexity index is 317. The Hall–Kier alpha value is -0.430. The Morgan fingerprint density at radius 1 is 1.53 bits per heavy atom. The number of halogens is 3. The smallest absolute Gasteiger partial charge is 0.341 e. The highest BCUT2D eigenvalue weighted by atomic mass is 32.2. The summed E-state index contributed by atoms with van der Waals surface area (Å²) in [5.74, 6) is -0.147. The summed E-state index contributed by atoms with van der Waals surface area (Å²) in [6.07, 6.45) is -2.13. The molecule has 1 N–H and O–H groups in total. The molecule has 1 fully saturated rings. The molecule has 1 rings (SSSR count). The van der Waals surface area contributed by atoms with Crippen molar-refractivity contribution in [2.24, 2.45) is 5.41 Å². The number of thioether (sulfide) groups is 1. The van der Waals surface area contributed by atoms with Gasteiger partial charge in [-0.05, 0) is 25.6 Å². The summed E-state index contributed by atoms with van der Waals surface area (Å²) in [6, 6.07) is -0.151. The quantitative estimate of drug-likeness (QED) is 0.844. The molecule has 1 aliphatic rings. The van der Waals surface area contributed by atoms with Gasteiger partial charge in [0, 0.05) is 25.4 Å². The predicted octanol–water partition coefficient (Wildman–Crippen LogP) is 2.13. The minimum Gasteiger partial charge on any atom is -0.341 e. The zero-order valence-corrected chi connectivity index (χ0v) is 12.3. The van der Waals surface area contributed by atoms with Crippen molar-refractivity contribution in [3.63, 3.8) is 0 Å². The maximum atomic E-state index is 13.3. The molecule has 0 spiro atoms. The van der Waals surface area contributed by atoms with Crippen molar-refractivity contribution in [3.8, 4) is 0 Å². The first-order valence-electron chi connectivity index (χ1n) is 6.33. The second-order valence-electron chi connectivity index (χ2n) is 4.94. The number of hydrogen-bond donors (Lipinski definition) is 1. The largest absolute Gasteiger partial charge is 0.404 e. The molecule has 2 unspecified atom stereocenters. The molecule has 0 aliphatic carbocycles. The summed E-state index contributed by atoms with van der Waals surface area (Å²) in [4.78, 5) is 13.6. The third-order valence-corrected chi connectivity index (χ3v) is 4.52. The molecule has 0 bridgehead atoms. The summed E-state index contributed by atoms with van der Waals surface area (Å²) in [5, 5.41) is 2.67. The summed E-state index contributed by atoms with van der Waals surface area (Å²) in [5.41, 5.74) is -2.24. The fourth-order valence-electron chi connectivity index (χ4n) is 2.44. The van der Waals surface area contributed by atoms with Crippen molar-refractivity contribution in [1.82, 2.24) is 10.2 Å². The Kier molecular flexibility index (Phi) is 5.55. The van der Waals surface area contributed by atoms with Crippen LogP contribution in [0.25, 0.3) is 0 Å². The van der Waals surface area contributed by atoms with E-state index < -0.39 is 17.5 Å². The van der Waals surface area contributed by atoms with Crippen molar-refractivity contribution in [2.75, 3.05) is 32.1 Å². The van der Waals surface area contributed by atoms with E-state index in [0.29, 0.717) is 12.2 Å². The van der Waals surface area contributed by atoms with E-state index in [-0.39, 0.29) is 25.6 Å². The third-order valence-electron chi connectivity index (χ3n) is 3.81. The lowest BCUT2D eigenvalue weighted by atomic mass is 9.84. The highest BCUT2D eigenvalue weighted by molar-refractivity contribution is 7.98. The number of hydrogen-bond acceptors (Lipinski definition) is 3.